The Hall–Kier alpha value is -2.70. The first-order valence-corrected chi connectivity index (χ1v) is 12.7. The van der Waals surface area contributed by atoms with Crippen LogP contribution < -0.4 is 5.32 Å². The van der Waals surface area contributed by atoms with Crippen LogP contribution in [0.5, 0.6) is 0 Å². The maximum atomic E-state index is 13.7. The Labute approximate surface area is 207 Å². The molecule has 1 spiro atoms. The van der Waals surface area contributed by atoms with E-state index in [0.29, 0.717) is 24.3 Å². The second-order valence-electron chi connectivity index (χ2n) is 10.5. The van der Waals surface area contributed by atoms with Crippen molar-refractivity contribution >= 4 is 11.9 Å². The van der Waals surface area contributed by atoms with Gasteiger partial charge in [-0.25, -0.2) is 4.79 Å². The van der Waals surface area contributed by atoms with Crippen molar-refractivity contribution in [1.82, 2.24) is 5.32 Å². The lowest BCUT2D eigenvalue weighted by Crippen LogP contribution is -2.61. The zero-order chi connectivity index (χ0) is 25.2. The number of rotatable bonds is 2. The predicted molar refractivity (Wildman–Crippen MR) is 134 cm³/mol. The molecule has 3 aliphatic rings. The van der Waals surface area contributed by atoms with E-state index < -0.39 is 35.6 Å². The summed E-state index contributed by atoms with van der Waals surface area (Å²) in [5.74, 6) is -2.13. The molecule has 35 heavy (non-hydrogen) atoms. The van der Waals surface area contributed by atoms with Gasteiger partial charge in [0.25, 0.3) is 5.91 Å². The number of hydrogen-bond acceptors (Lipinski definition) is 5. The molecule has 4 rings (SSSR count). The third kappa shape index (κ3) is 5.00. The monoisotopic (exact) mass is 479 g/mol. The van der Waals surface area contributed by atoms with Gasteiger partial charge in [0.1, 0.15) is 0 Å². The van der Waals surface area contributed by atoms with Crippen LogP contribution in [0.3, 0.4) is 0 Å². The number of hydrogen-bond donors (Lipinski definition) is 3. The summed E-state index contributed by atoms with van der Waals surface area (Å²) < 4.78 is 6.05. The highest BCUT2D eigenvalue weighted by Gasteiger charge is 2.67. The molecule has 1 aromatic rings. The van der Waals surface area contributed by atoms with Crippen molar-refractivity contribution in [3.63, 3.8) is 0 Å². The molecular formula is C29H37NO5. The summed E-state index contributed by atoms with van der Waals surface area (Å²) in [6.07, 6.45) is 8.39. The quantitative estimate of drug-likeness (QED) is 0.446. The summed E-state index contributed by atoms with van der Waals surface area (Å²) in [5, 5.41) is 24.7. The molecule has 1 aromatic carbocycles. The molecule has 8 atom stereocenters. The van der Waals surface area contributed by atoms with Crippen molar-refractivity contribution < 1.29 is 24.5 Å². The number of esters is 1. The van der Waals surface area contributed by atoms with Crippen LogP contribution in [0, 0.1) is 23.7 Å². The zero-order valence-electron chi connectivity index (χ0n) is 20.6. The summed E-state index contributed by atoms with van der Waals surface area (Å²) in [4.78, 5) is 26.8. The number of nitrogens with one attached hydrogen (secondary N) is 1. The average Bonchev–Trinajstić information content (AvgIpc) is 3.09. The molecule has 1 aliphatic carbocycles. The lowest BCUT2D eigenvalue weighted by atomic mass is 9.59. The van der Waals surface area contributed by atoms with Crippen LogP contribution >= 0.6 is 0 Å². The van der Waals surface area contributed by atoms with E-state index in [1.54, 1.807) is 0 Å². The summed E-state index contributed by atoms with van der Waals surface area (Å²) >= 11 is 0. The summed E-state index contributed by atoms with van der Waals surface area (Å²) in [7, 11) is 0. The van der Waals surface area contributed by atoms with Crippen LogP contribution in [0.4, 0.5) is 0 Å². The third-order valence-electron chi connectivity index (χ3n) is 8.04. The Morgan fingerprint density at radius 2 is 1.86 bits per heavy atom. The SMILES string of the molecule is C=C1[C@@H](O)[C@@H]2/C=C/C[C@H](C)CCC[C@H](O)/C=C\C(=O)O[C@@]23C(=O)N[C@@H](Cc2ccccc2)[C@H]3[C@H]1C. The molecule has 188 valence electrons. The van der Waals surface area contributed by atoms with E-state index in [-0.39, 0.29) is 17.9 Å². The van der Waals surface area contributed by atoms with Crippen molar-refractivity contribution in [2.75, 3.05) is 0 Å². The molecule has 1 amide bonds. The van der Waals surface area contributed by atoms with Crippen LogP contribution in [0.1, 0.15) is 45.1 Å². The largest absolute Gasteiger partial charge is 0.445 e. The second-order valence-corrected chi connectivity index (χ2v) is 10.5. The van der Waals surface area contributed by atoms with Gasteiger partial charge < -0.3 is 20.3 Å². The van der Waals surface area contributed by atoms with E-state index in [1.807, 2.05) is 49.4 Å². The number of amides is 1. The van der Waals surface area contributed by atoms with Gasteiger partial charge >= 0.3 is 5.97 Å². The molecule has 0 aromatic heterocycles. The van der Waals surface area contributed by atoms with Crippen molar-refractivity contribution in [2.45, 2.75) is 69.8 Å². The van der Waals surface area contributed by atoms with Crippen molar-refractivity contribution in [3.05, 3.63) is 72.4 Å². The van der Waals surface area contributed by atoms with Crippen LogP contribution in [0.2, 0.25) is 0 Å². The van der Waals surface area contributed by atoms with Gasteiger partial charge in [-0.2, -0.15) is 0 Å². The topological polar surface area (TPSA) is 95.9 Å². The van der Waals surface area contributed by atoms with Gasteiger partial charge in [-0.1, -0.05) is 75.8 Å². The Morgan fingerprint density at radius 3 is 2.60 bits per heavy atom. The van der Waals surface area contributed by atoms with E-state index in [0.717, 1.165) is 24.8 Å². The highest BCUT2D eigenvalue weighted by atomic mass is 16.6. The summed E-state index contributed by atoms with van der Waals surface area (Å²) in [6.45, 7) is 8.27. The molecule has 6 heteroatoms. The zero-order valence-corrected chi connectivity index (χ0v) is 20.6. The van der Waals surface area contributed by atoms with E-state index in [9.17, 15) is 19.8 Å². The van der Waals surface area contributed by atoms with Gasteiger partial charge in [0.15, 0.2) is 0 Å². The number of carbonyl (C=O) groups excluding carboxylic acids is 2. The second kappa shape index (κ2) is 10.5. The molecule has 2 heterocycles. The van der Waals surface area contributed by atoms with Crippen molar-refractivity contribution in [1.29, 1.82) is 0 Å². The van der Waals surface area contributed by atoms with Gasteiger partial charge in [-0.15, -0.1) is 0 Å². The Balaban J connectivity index is 1.78. The maximum Gasteiger partial charge on any atom is 0.331 e. The fourth-order valence-electron chi connectivity index (χ4n) is 6.09. The molecule has 2 fully saturated rings. The predicted octanol–water partition coefficient (Wildman–Crippen LogP) is 3.49. The normalized spacial score (nSPS) is 40.0. The first-order chi connectivity index (χ1) is 16.7. The third-order valence-corrected chi connectivity index (χ3v) is 8.04. The fourth-order valence-corrected chi connectivity index (χ4v) is 6.09. The average molecular weight is 480 g/mol. The molecule has 0 radical (unpaired) electrons. The van der Waals surface area contributed by atoms with Crippen LogP contribution in [0.25, 0.3) is 0 Å². The molecule has 2 aliphatic heterocycles. The van der Waals surface area contributed by atoms with E-state index in [4.69, 9.17) is 4.74 Å². The minimum Gasteiger partial charge on any atom is -0.445 e. The molecule has 1 saturated heterocycles. The number of carbonyl (C=O) groups is 2. The lowest BCUT2D eigenvalue weighted by molar-refractivity contribution is -0.182. The number of allylic oxidation sites excluding steroid dienone is 1. The summed E-state index contributed by atoms with van der Waals surface area (Å²) in [5.41, 5.74) is 0.136. The molecule has 0 unspecified atom stereocenters. The Bertz CT molecular complexity index is 1000. The van der Waals surface area contributed by atoms with Gasteiger partial charge in [-0.3, -0.25) is 4.79 Å². The highest BCUT2D eigenvalue weighted by Crippen LogP contribution is 2.52. The van der Waals surface area contributed by atoms with E-state index >= 15 is 0 Å². The van der Waals surface area contributed by atoms with Gasteiger partial charge in [0, 0.05) is 18.0 Å². The van der Waals surface area contributed by atoms with E-state index in [1.165, 1.54) is 12.2 Å². The van der Waals surface area contributed by atoms with E-state index in [2.05, 4.69) is 18.8 Å². The highest BCUT2D eigenvalue weighted by molar-refractivity contribution is 5.94. The van der Waals surface area contributed by atoms with Gasteiger partial charge in [-0.05, 0) is 48.3 Å². The lowest BCUT2D eigenvalue weighted by Gasteiger charge is -2.49. The molecule has 6 nitrogen and oxygen atoms in total. The minimum absolute atomic E-state index is 0.262. The Morgan fingerprint density at radius 1 is 1.11 bits per heavy atom. The minimum atomic E-state index is -1.57. The van der Waals surface area contributed by atoms with Crippen LogP contribution in [-0.4, -0.2) is 45.9 Å². The van der Waals surface area contributed by atoms with Crippen LogP contribution in [-0.2, 0) is 20.7 Å². The first kappa shape index (κ1) is 25.4. The molecule has 1 saturated carbocycles. The maximum absolute atomic E-state index is 13.7. The molecule has 0 bridgehead atoms. The molecular weight excluding hydrogens is 442 g/mol. The number of aliphatic hydroxyl groups is 2. The standard InChI is InChI=1S/C29H37NO5/c1-18-9-7-13-22(31)15-16-25(32)35-29-23(14-8-10-18)27(33)20(3)19(2)26(29)24(30-28(29)34)17-21-11-5-4-6-12-21/h4-6,8,11-12,14-16,18-19,22-24,26-27,31,33H,3,7,9-10,13,17H2,1-2H3,(H,30,34)/b14-8+,16-15-/t18-,19+,22+,23+,24+,26-,27-,29+/m1/s1. The van der Waals surface area contributed by atoms with Crippen molar-refractivity contribution in [2.24, 2.45) is 23.7 Å². The number of aliphatic hydroxyl groups excluding tert-OH is 2. The van der Waals surface area contributed by atoms with Crippen LogP contribution in [0.15, 0.2) is 66.8 Å². The van der Waals surface area contributed by atoms with Gasteiger partial charge in [0.2, 0.25) is 5.60 Å². The number of ether oxygens (including phenoxy) is 1. The van der Waals surface area contributed by atoms with Crippen molar-refractivity contribution in [3.8, 4) is 0 Å². The summed E-state index contributed by atoms with van der Waals surface area (Å²) in [6, 6.07) is 9.59. The molecule has 3 N–H and O–H groups in total. The first-order valence-electron chi connectivity index (χ1n) is 12.7. The number of benzene rings is 1. The van der Waals surface area contributed by atoms with Gasteiger partial charge in [0.05, 0.1) is 18.1 Å². The smallest absolute Gasteiger partial charge is 0.331 e. The Kier molecular flexibility index (Phi) is 7.62. The fraction of sp³-hybridized carbons (Fsp3) is 0.517.